The molecule has 0 fully saturated rings. The Morgan fingerprint density at radius 3 is 2.92 bits per heavy atom. The number of thioether (sulfide) groups is 1. The second kappa shape index (κ2) is 9.08. The highest BCUT2D eigenvalue weighted by Crippen LogP contribution is 2.28. The summed E-state index contributed by atoms with van der Waals surface area (Å²) in [6, 6.07) is 5.54. The van der Waals surface area contributed by atoms with Gasteiger partial charge in [0, 0.05) is 25.9 Å². The van der Waals surface area contributed by atoms with Crippen molar-refractivity contribution in [3.8, 4) is 11.5 Å². The number of nitrogens with one attached hydrogen (secondary N) is 1. The Morgan fingerprint density at radius 1 is 1.42 bits per heavy atom. The Hall–Kier alpha value is -2.33. The molecule has 0 unspecified atom stereocenters. The summed E-state index contributed by atoms with van der Waals surface area (Å²) in [5, 5.41) is 15.4. The number of aryl methyl sites for hydroxylation is 1. The fraction of sp³-hybridized carbons (Fsp3) is 0.429. The second-order valence-corrected chi connectivity index (χ2v) is 5.91. The lowest BCUT2D eigenvalue weighted by Crippen LogP contribution is -2.20. The van der Waals surface area contributed by atoms with E-state index in [-0.39, 0.29) is 6.61 Å². The number of carbonyl (C=O) groups is 1. The molecular weight excluding hydrogens is 332 g/mol. The van der Waals surface area contributed by atoms with Gasteiger partial charge in [-0.15, -0.1) is 5.10 Å². The highest BCUT2D eigenvalue weighted by Gasteiger charge is 2.07. The first kappa shape index (κ1) is 18.0. The molecule has 1 aromatic carbocycles. The van der Waals surface area contributed by atoms with E-state index >= 15 is 0 Å². The molecule has 10 heteroatoms. The van der Waals surface area contributed by atoms with Crippen molar-refractivity contribution in [1.29, 1.82) is 0 Å². The Labute approximate surface area is 143 Å². The molecule has 130 valence electrons. The smallest absolute Gasteiger partial charge is 0.255 e. The van der Waals surface area contributed by atoms with Gasteiger partial charge in [0.05, 0.1) is 7.11 Å². The van der Waals surface area contributed by atoms with E-state index in [0.29, 0.717) is 18.0 Å². The Bertz CT molecular complexity index is 678. The number of aromatic nitrogens is 4. The lowest BCUT2D eigenvalue weighted by atomic mass is 10.2. The summed E-state index contributed by atoms with van der Waals surface area (Å²) < 4.78 is 12.2. The summed E-state index contributed by atoms with van der Waals surface area (Å²) in [4.78, 5) is 10.8. The summed E-state index contributed by atoms with van der Waals surface area (Å²) >= 11 is 1.58. The van der Waals surface area contributed by atoms with Gasteiger partial charge in [-0.2, -0.15) is 0 Å². The first-order chi connectivity index (χ1) is 11.6. The van der Waals surface area contributed by atoms with Crippen molar-refractivity contribution in [1.82, 2.24) is 25.5 Å². The molecule has 24 heavy (non-hydrogen) atoms. The average molecular weight is 352 g/mol. The van der Waals surface area contributed by atoms with Crippen molar-refractivity contribution in [3.05, 3.63) is 23.8 Å². The number of tetrazole rings is 1. The Balaban J connectivity index is 1.77. The molecule has 1 heterocycles. The first-order valence-corrected chi connectivity index (χ1v) is 8.22. The topological polar surface area (TPSA) is 117 Å². The summed E-state index contributed by atoms with van der Waals surface area (Å²) in [6.45, 7) is 1.31. The third-order valence-electron chi connectivity index (χ3n) is 3.02. The summed E-state index contributed by atoms with van der Waals surface area (Å²) in [5.41, 5.74) is 6.11. The van der Waals surface area contributed by atoms with E-state index in [1.54, 1.807) is 29.6 Å². The number of methoxy groups -OCH3 is 1. The highest BCUT2D eigenvalue weighted by atomic mass is 32.2. The standard InChI is InChI=1S/C14H20N6O3S/c1-20-14(17-18-19-20)24-6-5-16-8-10-3-4-11(12(7-10)22-2)23-9-13(15)21/h3-4,7,16H,5-6,8-9H2,1-2H3,(H2,15,21). The molecule has 0 saturated carbocycles. The van der Waals surface area contributed by atoms with Crippen LogP contribution in [0.3, 0.4) is 0 Å². The molecule has 0 aliphatic heterocycles. The minimum atomic E-state index is -0.529. The molecular formula is C14H20N6O3S. The predicted octanol–water partition coefficient (Wildman–Crippen LogP) is -0.0353. The van der Waals surface area contributed by atoms with Gasteiger partial charge in [-0.05, 0) is 28.1 Å². The number of hydrogen-bond donors (Lipinski definition) is 2. The lowest BCUT2D eigenvalue weighted by molar-refractivity contribution is -0.119. The molecule has 0 saturated heterocycles. The maximum Gasteiger partial charge on any atom is 0.255 e. The number of ether oxygens (including phenoxy) is 2. The number of primary amides is 1. The van der Waals surface area contributed by atoms with E-state index in [2.05, 4.69) is 20.8 Å². The number of nitrogens with two attached hydrogens (primary N) is 1. The molecule has 1 amide bonds. The first-order valence-electron chi connectivity index (χ1n) is 7.24. The quantitative estimate of drug-likeness (QED) is 0.452. The van der Waals surface area contributed by atoms with Crippen LogP contribution in [0.2, 0.25) is 0 Å². The number of benzene rings is 1. The summed E-state index contributed by atoms with van der Waals surface area (Å²) in [7, 11) is 3.36. The maximum absolute atomic E-state index is 10.8. The molecule has 0 radical (unpaired) electrons. The predicted molar refractivity (Wildman–Crippen MR) is 88.9 cm³/mol. The van der Waals surface area contributed by atoms with E-state index < -0.39 is 5.91 Å². The largest absolute Gasteiger partial charge is 0.493 e. The zero-order chi connectivity index (χ0) is 17.4. The van der Waals surface area contributed by atoms with Crippen LogP contribution in [-0.2, 0) is 18.4 Å². The molecule has 2 aromatic rings. The van der Waals surface area contributed by atoms with Gasteiger partial charge in [0.15, 0.2) is 18.1 Å². The van der Waals surface area contributed by atoms with E-state index in [4.69, 9.17) is 15.2 Å². The fourth-order valence-corrected chi connectivity index (χ4v) is 2.63. The number of amides is 1. The van der Waals surface area contributed by atoms with Crippen molar-refractivity contribution < 1.29 is 14.3 Å². The van der Waals surface area contributed by atoms with E-state index in [0.717, 1.165) is 23.0 Å². The van der Waals surface area contributed by atoms with Crippen molar-refractivity contribution in [2.24, 2.45) is 12.8 Å². The summed E-state index contributed by atoms with van der Waals surface area (Å²) in [5.74, 6) is 1.38. The number of hydrogen-bond acceptors (Lipinski definition) is 8. The van der Waals surface area contributed by atoms with E-state index in [1.165, 1.54) is 0 Å². The van der Waals surface area contributed by atoms with Crippen molar-refractivity contribution >= 4 is 17.7 Å². The van der Waals surface area contributed by atoms with Gasteiger partial charge < -0.3 is 20.5 Å². The van der Waals surface area contributed by atoms with E-state index in [1.807, 2.05) is 19.2 Å². The zero-order valence-electron chi connectivity index (χ0n) is 13.6. The lowest BCUT2D eigenvalue weighted by Gasteiger charge is -2.11. The molecule has 0 spiro atoms. The average Bonchev–Trinajstić information content (AvgIpc) is 2.98. The number of carbonyl (C=O) groups excluding carboxylic acids is 1. The minimum absolute atomic E-state index is 0.178. The van der Waals surface area contributed by atoms with Crippen molar-refractivity contribution in [3.63, 3.8) is 0 Å². The van der Waals surface area contributed by atoms with Gasteiger partial charge in [0.2, 0.25) is 5.16 Å². The van der Waals surface area contributed by atoms with Crippen molar-refractivity contribution in [2.45, 2.75) is 11.7 Å². The third-order valence-corrected chi connectivity index (χ3v) is 4.03. The van der Waals surface area contributed by atoms with Crippen LogP contribution >= 0.6 is 11.8 Å². The monoisotopic (exact) mass is 352 g/mol. The maximum atomic E-state index is 10.8. The highest BCUT2D eigenvalue weighted by molar-refractivity contribution is 7.99. The van der Waals surface area contributed by atoms with Crippen LogP contribution in [0.15, 0.2) is 23.4 Å². The van der Waals surface area contributed by atoms with Crippen LogP contribution in [0, 0.1) is 0 Å². The summed E-state index contributed by atoms with van der Waals surface area (Å²) in [6.07, 6.45) is 0. The normalized spacial score (nSPS) is 10.6. The van der Waals surface area contributed by atoms with Gasteiger partial charge in [0.1, 0.15) is 0 Å². The van der Waals surface area contributed by atoms with Crippen LogP contribution in [0.4, 0.5) is 0 Å². The Morgan fingerprint density at radius 2 is 2.25 bits per heavy atom. The van der Waals surface area contributed by atoms with Gasteiger partial charge in [-0.25, -0.2) is 4.68 Å². The molecule has 0 atom stereocenters. The molecule has 2 rings (SSSR count). The molecule has 0 bridgehead atoms. The molecule has 1 aromatic heterocycles. The SMILES string of the molecule is COc1cc(CNCCSc2nnnn2C)ccc1OCC(N)=O. The second-order valence-electron chi connectivity index (χ2n) is 4.85. The molecule has 9 nitrogen and oxygen atoms in total. The van der Waals surface area contributed by atoms with Crippen LogP contribution in [-0.4, -0.2) is 52.1 Å². The van der Waals surface area contributed by atoms with Crippen LogP contribution in [0.5, 0.6) is 11.5 Å². The molecule has 3 N–H and O–H groups in total. The van der Waals surface area contributed by atoms with Gasteiger partial charge >= 0.3 is 0 Å². The van der Waals surface area contributed by atoms with E-state index in [9.17, 15) is 4.79 Å². The fourth-order valence-electron chi connectivity index (χ4n) is 1.88. The third kappa shape index (κ3) is 5.39. The van der Waals surface area contributed by atoms with Crippen molar-refractivity contribution in [2.75, 3.05) is 26.0 Å². The Kier molecular flexibility index (Phi) is 6.82. The molecule has 0 aliphatic carbocycles. The van der Waals surface area contributed by atoms with Gasteiger partial charge in [-0.3, -0.25) is 4.79 Å². The number of nitrogens with zero attached hydrogens (tertiary/aromatic N) is 4. The van der Waals surface area contributed by atoms with Crippen LogP contribution < -0.4 is 20.5 Å². The van der Waals surface area contributed by atoms with Crippen LogP contribution in [0.1, 0.15) is 5.56 Å². The minimum Gasteiger partial charge on any atom is -0.493 e. The zero-order valence-corrected chi connectivity index (χ0v) is 14.4. The van der Waals surface area contributed by atoms with Crippen LogP contribution in [0.25, 0.3) is 0 Å². The van der Waals surface area contributed by atoms with Gasteiger partial charge in [0.25, 0.3) is 5.91 Å². The number of rotatable bonds is 10. The molecule has 0 aliphatic rings. The van der Waals surface area contributed by atoms with Gasteiger partial charge in [-0.1, -0.05) is 17.8 Å².